The predicted octanol–water partition coefficient (Wildman–Crippen LogP) is 4.61. The van der Waals surface area contributed by atoms with Gasteiger partial charge in [0.15, 0.2) is 17.4 Å². The van der Waals surface area contributed by atoms with Crippen molar-refractivity contribution in [1.82, 2.24) is 0 Å². The lowest BCUT2D eigenvalue weighted by Crippen LogP contribution is -2.03. The van der Waals surface area contributed by atoms with Gasteiger partial charge < -0.3 is 0 Å². The number of halogens is 4. The second-order valence-corrected chi connectivity index (χ2v) is 4.91. The molecule has 2 rings (SSSR count). The molecule has 0 aliphatic carbocycles. The first kappa shape index (κ1) is 13.2. The zero-order chi connectivity index (χ0) is 13.3. The van der Waals surface area contributed by atoms with E-state index in [1.165, 1.54) is 12.1 Å². The lowest BCUT2D eigenvalue weighted by atomic mass is 10.0. The topological polar surface area (TPSA) is 17.1 Å². The van der Waals surface area contributed by atoms with Crippen LogP contribution >= 0.6 is 27.5 Å². The number of hydrogen-bond acceptors (Lipinski definition) is 1. The molecule has 0 unspecified atom stereocenters. The molecule has 0 aromatic heterocycles. The Kier molecular flexibility index (Phi) is 3.78. The van der Waals surface area contributed by atoms with E-state index >= 15 is 0 Å². The van der Waals surface area contributed by atoms with E-state index in [9.17, 15) is 13.6 Å². The quantitative estimate of drug-likeness (QED) is 0.734. The molecule has 92 valence electrons. The Morgan fingerprint density at radius 3 is 2.39 bits per heavy atom. The number of carbonyl (C=O) groups excluding carboxylic acids is 1. The molecule has 0 radical (unpaired) electrons. The van der Waals surface area contributed by atoms with E-state index in [1.807, 2.05) is 0 Å². The molecule has 0 saturated heterocycles. The van der Waals surface area contributed by atoms with Crippen LogP contribution in [0.15, 0.2) is 40.9 Å². The summed E-state index contributed by atoms with van der Waals surface area (Å²) in [6.45, 7) is 0. The minimum absolute atomic E-state index is 0.0538. The van der Waals surface area contributed by atoms with Gasteiger partial charge in [0.05, 0.1) is 5.02 Å². The van der Waals surface area contributed by atoms with Crippen LogP contribution in [0.4, 0.5) is 8.78 Å². The molecule has 0 bridgehead atoms. The van der Waals surface area contributed by atoms with E-state index < -0.39 is 17.4 Å². The Morgan fingerprint density at radius 2 is 1.78 bits per heavy atom. The molecule has 0 N–H and O–H groups in total. The number of ketones is 1. The fourth-order valence-electron chi connectivity index (χ4n) is 1.47. The van der Waals surface area contributed by atoms with Crippen molar-refractivity contribution in [3.8, 4) is 0 Å². The van der Waals surface area contributed by atoms with E-state index in [-0.39, 0.29) is 16.1 Å². The number of benzene rings is 2. The summed E-state index contributed by atoms with van der Waals surface area (Å²) in [7, 11) is 0. The second-order valence-electron chi connectivity index (χ2n) is 3.58. The van der Waals surface area contributed by atoms with Gasteiger partial charge >= 0.3 is 0 Å². The zero-order valence-electron chi connectivity index (χ0n) is 8.88. The molecule has 0 aliphatic heterocycles. The van der Waals surface area contributed by atoms with Crippen molar-refractivity contribution in [3.05, 3.63) is 68.7 Å². The van der Waals surface area contributed by atoms with Crippen LogP contribution in [0.25, 0.3) is 0 Å². The number of carbonyl (C=O) groups is 1. The third kappa shape index (κ3) is 2.60. The van der Waals surface area contributed by atoms with E-state index in [1.54, 1.807) is 12.1 Å². The van der Waals surface area contributed by atoms with Crippen LogP contribution in [0.5, 0.6) is 0 Å². The van der Waals surface area contributed by atoms with Crippen molar-refractivity contribution in [2.24, 2.45) is 0 Å². The Labute approximate surface area is 116 Å². The first-order valence-electron chi connectivity index (χ1n) is 4.94. The molecule has 0 fully saturated rings. The average Bonchev–Trinajstić information content (AvgIpc) is 2.32. The van der Waals surface area contributed by atoms with Crippen LogP contribution in [0, 0.1) is 11.6 Å². The maximum absolute atomic E-state index is 13.1. The van der Waals surface area contributed by atoms with E-state index in [4.69, 9.17) is 11.6 Å². The summed E-state index contributed by atoms with van der Waals surface area (Å²) in [5.41, 5.74) is 0.295. The molecule has 18 heavy (non-hydrogen) atoms. The van der Waals surface area contributed by atoms with Gasteiger partial charge in [-0.05, 0) is 36.4 Å². The molecule has 0 spiro atoms. The van der Waals surface area contributed by atoms with Gasteiger partial charge in [0.1, 0.15) is 0 Å². The largest absolute Gasteiger partial charge is 0.289 e. The summed E-state index contributed by atoms with van der Waals surface area (Å²) in [6, 6.07) is 7.73. The van der Waals surface area contributed by atoms with E-state index in [0.717, 1.165) is 16.6 Å². The highest BCUT2D eigenvalue weighted by molar-refractivity contribution is 9.10. The lowest BCUT2D eigenvalue weighted by Gasteiger charge is -2.04. The van der Waals surface area contributed by atoms with E-state index in [2.05, 4.69) is 15.9 Å². The zero-order valence-corrected chi connectivity index (χ0v) is 11.2. The summed E-state index contributed by atoms with van der Waals surface area (Å²) >= 11 is 9.14. The third-order valence-electron chi connectivity index (χ3n) is 2.36. The monoisotopic (exact) mass is 330 g/mol. The summed E-state index contributed by atoms with van der Waals surface area (Å²) in [5.74, 6) is -2.51. The van der Waals surface area contributed by atoms with Crippen LogP contribution in [0.1, 0.15) is 15.9 Å². The fourth-order valence-corrected chi connectivity index (χ4v) is 2.23. The van der Waals surface area contributed by atoms with Gasteiger partial charge in [-0.2, -0.15) is 0 Å². The number of hydrogen-bond donors (Lipinski definition) is 0. The molecule has 0 amide bonds. The summed E-state index contributed by atoms with van der Waals surface area (Å²) in [5, 5.41) is 0.249. The Balaban J connectivity index is 2.44. The Morgan fingerprint density at radius 1 is 1.06 bits per heavy atom. The summed E-state index contributed by atoms with van der Waals surface area (Å²) in [6.07, 6.45) is 0. The molecule has 0 saturated carbocycles. The molecule has 1 nitrogen and oxygen atoms in total. The van der Waals surface area contributed by atoms with Crippen LogP contribution in [-0.4, -0.2) is 5.78 Å². The highest BCUT2D eigenvalue weighted by Crippen LogP contribution is 2.24. The minimum atomic E-state index is -1.06. The SMILES string of the molecule is O=C(c1ccc(F)c(F)c1)c1ccc(Br)cc1Cl. The van der Waals surface area contributed by atoms with Gasteiger partial charge in [0.2, 0.25) is 0 Å². The standard InChI is InChI=1S/C13H6BrClF2O/c14-8-2-3-9(10(15)6-8)13(18)7-1-4-11(16)12(17)5-7/h1-6H. The molecule has 5 heteroatoms. The van der Waals surface area contributed by atoms with Crippen LogP contribution in [0.3, 0.4) is 0 Å². The first-order chi connectivity index (χ1) is 8.49. The molecule has 0 aliphatic rings. The minimum Gasteiger partial charge on any atom is -0.289 e. The smallest absolute Gasteiger partial charge is 0.194 e. The van der Waals surface area contributed by atoms with Crippen molar-refractivity contribution < 1.29 is 13.6 Å². The lowest BCUT2D eigenvalue weighted by molar-refractivity contribution is 0.103. The Bertz CT molecular complexity index is 628. The molecule has 2 aromatic rings. The van der Waals surface area contributed by atoms with Crippen molar-refractivity contribution >= 4 is 33.3 Å². The fraction of sp³-hybridized carbons (Fsp3) is 0. The van der Waals surface area contributed by atoms with Gasteiger partial charge in [-0.25, -0.2) is 8.78 Å². The molecule has 2 aromatic carbocycles. The van der Waals surface area contributed by atoms with Gasteiger partial charge in [0, 0.05) is 15.6 Å². The van der Waals surface area contributed by atoms with Crippen molar-refractivity contribution in [2.75, 3.05) is 0 Å². The normalized spacial score (nSPS) is 10.4. The van der Waals surface area contributed by atoms with Gasteiger partial charge in [0.25, 0.3) is 0 Å². The predicted molar refractivity (Wildman–Crippen MR) is 68.9 cm³/mol. The molecule has 0 atom stereocenters. The average molecular weight is 332 g/mol. The molecule has 0 heterocycles. The van der Waals surface area contributed by atoms with Gasteiger partial charge in [-0.1, -0.05) is 27.5 Å². The van der Waals surface area contributed by atoms with E-state index in [0.29, 0.717) is 0 Å². The summed E-state index contributed by atoms with van der Waals surface area (Å²) < 4.78 is 26.6. The maximum Gasteiger partial charge on any atom is 0.194 e. The number of rotatable bonds is 2. The second kappa shape index (κ2) is 5.16. The van der Waals surface area contributed by atoms with Crippen LogP contribution < -0.4 is 0 Å². The first-order valence-corrected chi connectivity index (χ1v) is 6.11. The molecular formula is C13H6BrClF2O. The van der Waals surface area contributed by atoms with Gasteiger partial charge in [-0.15, -0.1) is 0 Å². The van der Waals surface area contributed by atoms with Crippen molar-refractivity contribution in [3.63, 3.8) is 0 Å². The summed E-state index contributed by atoms with van der Waals surface area (Å²) in [4.78, 5) is 12.1. The van der Waals surface area contributed by atoms with Crippen molar-refractivity contribution in [1.29, 1.82) is 0 Å². The van der Waals surface area contributed by atoms with Crippen molar-refractivity contribution in [2.45, 2.75) is 0 Å². The highest BCUT2D eigenvalue weighted by Gasteiger charge is 2.15. The third-order valence-corrected chi connectivity index (χ3v) is 3.16. The Hall–Kier alpha value is -1.26. The molecular weight excluding hydrogens is 325 g/mol. The van der Waals surface area contributed by atoms with Crippen LogP contribution in [0.2, 0.25) is 5.02 Å². The van der Waals surface area contributed by atoms with Crippen LogP contribution in [-0.2, 0) is 0 Å². The van der Waals surface area contributed by atoms with Gasteiger partial charge in [-0.3, -0.25) is 4.79 Å². The highest BCUT2D eigenvalue weighted by atomic mass is 79.9. The maximum atomic E-state index is 13.1.